The van der Waals surface area contributed by atoms with E-state index in [1.807, 2.05) is 4.90 Å². The fourth-order valence-corrected chi connectivity index (χ4v) is 3.05. The van der Waals surface area contributed by atoms with Crippen LogP contribution in [-0.2, 0) is 11.3 Å². The monoisotopic (exact) mass is 463 g/mol. The van der Waals surface area contributed by atoms with Gasteiger partial charge in [0.2, 0.25) is 11.8 Å². The first kappa shape index (κ1) is 23.5. The zero-order valence-electron chi connectivity index (χ0n) is 16.8. The van der Waals surface area contributed by atoms with E-state index in [9.17, 15) is 31.1 Å². The van der Waals surface area contributed by atoms with E-state index in [4.69, 9.17) is 4.74 Å². The van der Waals surface area contributed by atoms with Crippen molar-refractivity contribution in [3.8, 4) is 11.6 Å². The predicted octanol–water partition coefficient (Wildman–Crippen LogP) is 4.97. The molecule has 1 aliphatic rings. The fraction of sp³-hybridized carbons (Fsp3) is 0.400. The summed E-state index contributed by atoms with van der Waals surface area (Å²) in [4.78, 5) is 17.9. The molecule has 2 heterocycles. The van der Waals surface area contributed by atoms with Crippen LogP contribution < -0.4 is 19.7 Å². The van der Waals surface area contributed by atoms with Gasteiger partial charge in [0.15, 0.2) is 0 Å². The second kappa shape index (κ2) is 9.13. The van der Waals surface area contributed by atoms with Gasteiger partial charge >= 0.3 is 12.5 Å². The summed E-state index contributed by atoms with van der Waals surface area (Å²) in [5.74, 6) is -0.838. The number of hydrogen-bond acceptors (Lipinski definition) is 5. The van der Waals surface area contributed by atoms with Crippen LogP contribution >= 0.6 is 0 Å². The summed E-state index contributed by atoms with van der Waals surface area (Å²) < 4.78 is 83.2. The Labute approximate surface area is 179 Å². The van der Waals surface area contributed by atoms with E-state index in [0.717, 1.165) is 5.56 Å². The summed E-state index contributed by atoms with van der Waals surface area (Å²) in [6.45, 7) is 2.73. The van der Waals surface area contributed by atoms with Gasteiger partial charge in [0, 0.05) is 13.0 Å². The highest BCUT2D eigenvalue weighted by Gasteiger charge is 2.31. The van der Waals surface area contributed by atoms with Crippen molar-refractivity contribution >= 4 is 17.4 Å². The van der Waals surface area contributed by atoms with E-state index in [2.05, 4.69) is 15.0 Å². The normalized spacial score (nSPS) is 13.9. The highest BCUT2D eigenvalue weighted by molar-refractivity contribution is 5.90. The van der Waals surface area contributed by atoms with Crippen molar-refractivity contribution in [2.75, 3.05) is 23.4 Å². The van der Waals surface area contributed by atoms with Gasteiger partial charge in [0.05, 0.1) is 13.0 Å². The number of benzene rings is 1. The lowest BCUT2D eigenvalue weighted by Gasteiger charge is -2.31. The average molecular weight is 463 g/mol. The molecule has 0 radical (unpaired) electrons. The van der Waals surface area contributed by atoms with Crippen LogP contribution in [0.1, 0.15) is 24.0 Å². The highest BCUT2D eigenvalue weighted by atomic mass is 19.4. The van der Waals surface area contributed by atoms with Gasteiger partial charge in [-0.15, -0.1) is 13.2 Å². The van der Waals surface area contributed by atoms with E-state index >= 15 is 0 Å². The first-order chi connectivity index (χ1) is 14.9. The van der Waals surface area contributed by atoms with Crippen molar-refractivity contribution in [1.82, 2.24) is 4.98 Å². The van der Waals surface area contributed by atoms with Crippen molar-refractivity contribution in [2.24, 2.45) is 0 Å². The van der Waals surface area contributed by atoms with E-state index in [0.29, 0.717) is 24.3 Å². The number of carbonyl (C=O) groups is 1. The number of pyridine rings is 1. The predicted molar refractivity (Wildman–Crippen MR) is 103 cm³/mol. The Morgan fingerprint density at radius 1 is 1.19 bits per heavy atom. The van der Waals surface area contributed by atoms with Crippen molar-refractivity contribution in [1.29, 1.82) is 0 Å². The van der Waals surface area contributed by atoms with Crippen LogP contribution in [0.5, 0.6) is 11.6 Å². The fourth-order valence-electron chi connectivity index (χ4n) is 3.05. The summed E-state index contributed by atoms with van der Waals surface area (Å²) in [5.41, 5.74) is 1.83. The zero-order chi connectivity index (χ0) is 23.5. The number of alkyl halides is 6. The van der Waals surface area contributed by atoms with Gasteiger partial charge in [-0.1, -0.05) is 12.1 Å². The van der Waals surface area contributed by atoms with Gasteiger partial charge in [-0.3, -0.25) is 4.79 Å². The maximum atomic E-state index is 12.3. The molecule has 0 spiro atoms. The van der Waals surface area contributed by atoms with Crippen LogP contribution in [0.15, 0.2) is 30.3 Å². The highest BCUT2D eigenvalue weighted by Crippen LogP contribution is 2.34. The molecule has 1 amide bonds. The third-order valence-electron chi connectivity index (χ3n) is 4.52. The SMILES string of the molecule is Cc1cc2c(nc1NC(=O)CCC(F)(F)F)OCCN2Cc1ccc(OC(F)(F)F)cc1. The molecule has 0 saturated carbocycles. The van der Waals surface area contributed by atoms with Gasteiger partial charge in [-0.05, 0) is 36.2 Å². The molecule has 174 valence electrons. The Balaban J connectivity index is 1.70. The zero-order valence-corrected chi connectivity index (χ0v) is 16.8. The Bertz CT molecular complexity index is 961. The van der Waals surface area contributed by atoms with E-state index in [1.165, 1.54) is 24.3 Å². The number of nitrogens with zero attached hydrogens (tertiary/aromatic N) is 2. The van der Waals surface area contributed by atoms with Crippen LogP contribution in [-0.4, -0.2) is 36.6 Å². The number of aryl methyl sites for hydroxylation is 1. The van der Waals surface area contributed by atoms with Gasteiger partial charge in [-0.25, -0.2) is 0 Å². The standard InChI is InChI=1S/C20H19F6N3O3/c1-12-10-15-18(28-17(12)27-16(30)6-7-19(21,22)23)31-9-8-29(15)11-13-2-4-14(5-3-13)32-20(24,25)26/h2-5,10H,6-9,11H2,1H3,(H,27,28,30). The van der Waals surface area contributed by atoms with Crippen molar-refractivity contribution in [3.05, 3.63) is 41.5 Å². The summed E-state index contributed by atoms with van der Waals surface area (Å²) in [6, 6.07) is 7.12. The number of fused-ring (bicyclic) bond motifs is 1. The van der Waals surface area contributed by atoms with Crippen LogP contribution in [0.25, 0.3) is 0 Å². The van der Waals surface area contributed by atoms with Crippen molar-refractivity contribution < 1.29 is 40.6 Å². The summed E-state index contributed by atoms with van der Waals surface area (Å²) in [5, 5.41) is 2.37. The Morgan fingerprint density at radius 3 is 2.50 bits per heavy atom. The molecule has 12 heteroatoms. The van der Waals surface area contributed by atoms with Crippen molar-refractivity contribution in [3.63, 3.8) is 0 Å². The molecule has 0 bridgehead atoms. The summed E-state index contributed by atoms with van der Waals surface area (Å²) >= 11 is 0. The second-order valence-electron chi connectivity index (χ2n) is 7.10. The second-order valence-corrected chi connectivity index (χ2v) is 7.10. The Kier molecular flexibility index (Phi) is 6.70. The lowest BCUT2D eigenvalue weighted by molar-refractivity contribution is -0.274. The minimum atomic E-state index is -4.77. The number of anilines is 2. The molecule has 0 fully saturated rings. The van der Waals surface area contributed by atoms with Gasteiger partial charge in [0.1, 0.15) is 23.9 Å². The lowest BCUT2D eigenvalue weighted by atomic mass is 10.1. The minimum absolute atomic E-state index is 0.103. The van der Waals surface area contributed by atoms with E-state index in [-0.39, 0.29) is 24.1 Å². The molecule has 1 aromatic heterocycles. The van der Waals surface area contributed by atoms with Crippen LogP contribution in [0.4, 0.5) is 37.8 Å². The first-order valence-electron chi connectivity index (χ1n) is 9.50. The van der Waals surface area contributed by atoms with E-state index < -0.39 is 31.3 Å². The van der Waals surface area contributed by atoms with Crippen LogP contribution in [0, 0.1) is 6.92 Å². The maximum Gasteiger partial charge on any atom is 0.573 e. The molecule has 0 saturated heterocycles. The molecule has 0 aliphatic carbocycles. The first-order valence-corrected chi connectivity index (χ1v) is 9.50. The number of ether oxygens (including phenoxy) is 2. The Morgan fingerprint density at radius 2 is 1.88 bits per heavy atom. The van der Waals surface area contributed by atoms with E-state index in [1.54, 1.807) is 13.0 Å². The molecule has 2 aromatic rings. The van der Waals surface area contributed by atoms with Gasteiger partial charge in [0.25, 0.3) is 0 Å². The van der Waals surface area contributed by atoms with Crippen molar-refractivity contribution in [2.45, 2.75) is 38.8 Å². The number of hydrogen-bond donors (Lipinski definition) is 1. The molecule has 0 unspecified atom stereocenters. The average Bonchev–Trinajstić information content (AvgIpc) is 2.67. The molecule has 6 nitrogen and oxygen atoms in total. The topological polar surface area (TPSA) is 63.7 Å². The number of nitrogens with one attached hydrogen (secondary N) is 1. The van der Waals surface area contributed by atoms with Crippen LogP contribution in [0.2, 0.25) is 0 Å². The number of carbonyl (C=O) groups excluding carboxylic acids is 1. The quantitative estimate of drug-likeness (QED) is 0.613. The number of amides is 1. The molecular formula is C20H19F6N3O3. The maximum absolute atomic E-state index is 12.3. The van der Waals surface area contributed by atoms with Gasteiger partial charge < -0.3 is 19.7 Å². The molecule has 32 heavy (non-hydrogen) atoms. The molecule has 1 aliphatic heterocycles. The third kappa shape index (κ3) is 6.66. The molecular weight excluding hydrogens is 444 g/mol. The smallest absolute Gasteiger partial charge is 0.474 e. The largest absolute Gasteiger partial charge is 0.573 e. The number of rotatable bonds is 6. The van der Waals surface area contributed by atoms with Crippen LogP contribution in [0.3, 0.4) is 0 Å². The molecule has 1 N–H and O–H groups in total. The van der Waals surface area contributed by atoms with Gasteiger partial charge in [-0.2, -0.15) is 18.2 Å². The molecule has 0 atom stereocenters. The third-order valence-corrected chi connectivity index (χ3v) is 4.52. The summed E-state index contributed by atoms with van der Waals surface area (Å²) in [6.07, 6.45) is -11.2. The number of halogens is 6. The number of aromatic nitrogens is 1. The lowest BCUT2D eigenvalue weighted by Crippen LogP contribution is -2.33. The Hall–Kier alpha value is -3.18. The summed E-state index contributed by atoms with van der Waals surface area (Å²) in [7, 11) is 0. The minimum Gasteiger partial charge on any atom is -0.474 e. The molecule has 3 rings (SSSR count). The molecule has 1 aromatic carbocycles.